The summed E-state index contributed by atoms with van der Waals surface area (Å²) in [5.41, 5.74) is 0. The molecule has 0 aliphatic heterocycles. The summed E-state index contributed by atoms with van der Waals surface area (Å²) >= 11 is 0. The van der Waals surface area contributed by atoms with E-state index in [9.17, 15) is 28.9 Å². The smallest absolute Gasteiger partial charge is 0.462 e. The minimum Gasteiger partial charge on any atom is -0.462 e. The monoisotopic (exact) mass is 951 g/mol. The van der Waals surface area contributed by atoms with Crippen LogP contribution in [0.4, 0.5) is 0 Å². The summed E-state index contributed by atoms with van der Waals surface area (Å²) in [6.07, 6.45) is 50.5. The first kappa shape index (κ1) is 63.2. The fourth-order valence-corrected chi connectivity index (χ4v) is 7.72. The molecule has 11 nitrogen and oxygen atoms in total. The molecule has 0 aromatic rings. The fraction of sp³-hybridized carbons (Fsp3) is 0.759. The summed E-state index contributed by atoms with van der Waals surface area (Å²) in [6, 6.07) is 0. The van der Waals surface area contributed by atoms with Gasteiger partial charge in [0.1, 0.15) is 12.7 Å². The molecule has 2 N–H and O–H groups in total. The first-order valence-corrected chi connectivity index (χ1v) is 27.7. The lowest BCUT2D eigenvalue weighted by Gasteiger charge is -2.21. The van der Waals surface area contributed by atoms with Crippen LogP contribution in [0.2, 0.25) is 0 Å². The second-order valence-electron chi connectivity index (χ2n) is 17.3. The third-order valence-corrected chi connectivity index (χ3v) is 11.9. The van der Waals surface area contributed by atoms with Crippen molar-refractivity contribution < 1.29 is 52.2 Å². The second-order valence-corrected chi connectivity index (χ2v) is 18.8. The Labute approximate surface area is 402 Å². The van der Waals surface area contributed by atoms with Crippen molar-refractivity contribution in [3.8, 4) is 0 Å². The summed E-state index contributed by atoms with van der Waals surface area (Å²) in [5.74, 6) is -1.51. The lowest BCUT2D eigenvalue weighted by atomic mass is 10.0. The molecule has 0 saturated heterocycles. The summed E-state index contributed by atoms with van der Waals surface area (Å²) in [5, 5.41) is 9.77. The molecule has 0 aromatic carbocycles. The number of hydrogen-bond acceptors (Lipinski definition) is 10. The Hall–Kier alpha value is -2.82. The Morgan fingerprint density at radius 2 is 0.818 bits per heavy atom. The van der Waals surface area contributed by atoms with Gasteiger partial charge in [0.25, 0.3) is 0 Å². The molecule has 0 amide bonds. The van der Waals surface area contributed by atoms with Crippen LogP contribution in [0.3, 0.4) is 0 Å². The van der Waals surface area contributed by atoms with E-state index in [0.29, 0.717) is 19.3 Å². The molecule has 3 atom stereocenters. The second kappa shape index (κ2) is 48.6. The van der Waals surface area contributed by atoms with E-state index in [4.69, 9.17) is 23.3 Å². The maximum Gasteiger partial charge on any atom is 0.472 e. The van der Waals surface area contributed by atoms with Crippen LogP contribution in [0.1, 0.15) is 226 Å². The molecule has 12 heteroatoms. The van der Waals surface area contributed by atoms with E-state index in [1.54, 1.807) is 0 Å². The average Bonchev–Trinajstić information content (AvgIpc) is 3.30. The number of phosphoric acid groups is 1. The first-order valence-electron chi connectivity index (χ1n) is 26.2. The Balaban J connectivity index is 4.77. The van der Waals surface area contributed by atoms with Crippen LogP contribution in [0.5, 0.6) is 0 Å². The van der Waals surface area contributed by atoms with Gasteiger partial charge in [-0.2, -0.15) is 0 Å². The number of hydrogen-bond donors (Lipinski definition) is 2. The van der Waals surface area contributed by atoms with E-state index in [1.165, 1.54) is 57.8 Å². The van der Waals surface area contributed by atoms with Crippen LogP contribution in [0.25, 0.3) is 0 Å². The van der Waals surface area contributed by atoms with E-state index in [2.05, 4.69) is 81.5 Å². The van der Waals surface area contributed by atoms with E-state index >= 15 is 0 Å². The van der Waals surface area contributed by atoms with Gasteiger partial charge in [-0.25, -0.2) is 4.57 Å². The summed E-state index contributed by atoms with van der Waals surface area (Å²) < 4.78 is 39.3. The highest BCUT2D eigenvalue weighted by Crippen LogP contribution is 2.43. The average molecular weight is 951 g/mol. The van der Waals surface area contributed by atoms with Crippen LogP contribution in [0.15, 0.2) is 60.8 Å². The van der Waals surface area contributed by atoms with Gasteiger partial charge >= 0.3 is 25.7 Å². The highest BCUT2D eigenvalue weighted by atomic mass is 31.2. The molecule has 0 radical (unpaired) electrons. The molecule has 3 unspecified atom stereocenters. The Bertz CT molecular complexity index is 1340. The Kier molecular flexibility index (Phi) is 46.6. The SMILES string of the molecule is CC/C=C\C/C=C\C/C=C\CCCCCC(=O)OCC(COP(=O)(O)OCC(CO)OC(=O)CCCCCCCCCCCCCCC)OC(=O)CCCCCCC/C=C\C/C=C\CCC. The van der Waals surface area contributed by atoms with Crippen molar-refractivity contribution in [3.63, 3.8) is 0 Å². The third kappa shape index (κ3) is 46.3. The fourth-order valence-electron chi connectivity index (χ4n) is 6.94. The first-order chi connectivity index (χ1) is 32.2. The number of allylic oxidation sites excluding steroid dienone is 10. The number of aliphatic hydroxyl groups is 1. The molecule has 0 spiro atoms. The standard InChI is InChI=1S/C54H95O11P/c1-4-7-10-13-16-19-22-25-28-31-34-37-40-43-52(56)61-47-51(65-54(58)45-42-39-36-33-30-27-24-21-18-15-12-9-6-3)49-63-66(59,60)62-48-50(46-55)64-53(57)44-41-38-35-32-29-26-23-20-17-14-11-8-5-2/h7,10,12,15-16,19,21,24-25,28,50-51,55H,4-6,8-9,11,13-14,17-18,20,22-23,26-27,29-49H2,1-3H3,(H,59,60)/b10-7-,15-12-,19-16-,24-21-,28-25-. The van der Waals surface area contributed by atoms with Gasteiger partial charge < -0.3 is 24.2 Å². The minimum atomic E-state index is -4.75. The number of carbonyl (C=O) groups excluding carboxylic acids is 3. The van der Waals surface area contributed by atoms with Crippen LogP contribution in [-0.2, 0) is 42.2 Å². The number of aliphatic hydroxyl groups excluding tert-OH is 1. The third-order valence-electron chi connectivity index (χ3n) is 10.9. The van der Waals surface area contributed by atoms with Crippen molar-refractivity contribution in [2.75, 3.05) is 26.4 Å². The quantitative estimate of drug-likeness (QED) is 0.0197. The van der Waals surface area contributed by atoms with Crippen molar-refractivity contribution in [3.05, 3.63) is 60.8 Å². The molecule has 0 bridgehead atoms. The molecule has 0 aliphatic rings. The summed E-state index contributed by atoms with van der Waals surface area (Å²) in [7, 11) is -4.75. The normalized spacial score (nSPS) is 14.0. The molecular weight excluding hydrogens is 856 g/mol. The van der Waals surface area contributed by atoms with Gasteiger partial charge in [-0.3, -0.25) is 23.4 Å². The van der Waals surface area contributed by atoms with Crippen LogP contribution in [0, 0.1) is 0 Å². The molecule has 0 heterocycles. The van der Waals surface area contributed by atoms with Gasteiger partial charge in [0, 0.05) is 19.3 Å². The number of carbonyl (C=O) groups is 3. The van der Waals surface area contributed by atoms with Crippen molar-refractivity contribution >= 4 is 25.7 Å². The molecule has 382 valence electrons. The Morgan fingerprint density at radius 1 is 0.439 bits per heavy atom. The Morgan fingerprint density at radius 3 is 1.29 bits per heavy atom. The maximum absolute atomic E-state index is 12.8. The predicted octanol–water partition coefficient (Wildman–Crippen LogP) is 14.8. The van der Waals surface area contributed by atoms with Crippen molar-refractivity contribution in [1.29, 1.82) is 0 Å². The summed E-state index contributed by atoms with van der Waals surface area (Å²) in [4.78, 5) is 48.3. The van der Waals surface area contributed by atoms with Gasteiger partial charge in [-0.1, -0.05) is 191 Å². The molecule has 0 aliphatic carbocycles. The summed E-state index contributed by atoms with van der Waals surface area (Å²) in [6.45, 7) is 4.41. The number of ether oxygens (including phenoxy) is 3. The highest BCUT2D eigenvalue weighted by molar-refractivity contribution is 7.47. The zero-order valence-corrected chi connectivity index (χ0v) is 42.8. The van der Waals surface area contributed by atoms with E-state index < -0.39 is 57.8 Å². The van der Waals surface area contributed by atoms with Crippen LogP contribution in [-0.4, -0.2) is 66.5 Å². The van der Waals surface area contributed by atoms with Gasteiger partial charge in [0.15, 0.2) is 6.10 Å². The molecule has 0 aromatic heterocycles. The van der Waals surface area contributed by atoms with Crippen molar-refractivity contribution in [2.45, 2.75) is 238 Å². The lowest BCUT2D eigenvalue weighted by molar-refractivity contribution is -0.161. The molecular formula is C54H95O11P. The number of unbranched alkanes of at least 4 members (excludes halogenated alkanes) is 21. The largest absolute Gasteiger partial charge is 0.472 e. The minimum absolute atomic E-state index is 0.144. The highest BCUT2D eigenvalue weighted by Gasteiger charge is 2.28. The number of esters is 3. The van der Waals surface area contributed by atoms with E-state index in [-0.39, 0.29) is 25.9 Å². The molecule has 0 saturated carbocycles. The van der Waals surface area contributed by atoms with E-state index in [0.717, 1.165) is 109 Å². The maximum atomic E-state index is 12.8. The van der Waals surface area contributed by atoms with Gasteiger partial charge in [-0.05, 0) is 77.0 Å². The number of rotatable bonds is 48. The number of phosphoric ester groups is 1. The lowest BCUT2D eigenvalue weighted by Crippen LogP contribution is -2.30. The topological polar surface area (TPSA) is 155 Å². The van der Waals surface area contributed by atoms with Crippen LogP contribution >= 0.6 is 7.82 Å². The molecule has 0 rings (SSSR count). The zero-order valence-electron chi connectivity index (χ0n) is 41.9. The van der Waals surface area contributed by atoms with Crippen molar-refractivity contribution in [2.24, 2.45) is 0 Å². The zero-order chi connectivity index (χ0) is 48.4. The van der Waals surface area contributed by atoms with Gasteiger partial charge in [0.2, 0.25) is 0 Å². The van der Waals surface area contributed by atoms with Gasteiger partial charge in [0.05, 0.1) is 19.8 Å². The van der Waals surface area contributed by atoms with Crippen molar-refractivity contribution in [1.82, 2.24) is 0 Å². The van der Waals surface area contributed by atoms with Crippen LogP contribution < -0.4 is 0 Å². The molecule has 0 fully saturated rings. The van der Waals surface area contributed by atoms with E-state index in [1.807, 2.05) is 0 Å². The predicted molar refractivity (Wildman–Crippen MR) is 270 cm³/mol. The van der Waals surface area contributed by atoms with Gasteiger partial charge in [-0.15, -0.1) is 0 Å². The molecule has 66 heavy (non-hydrogen) atoms.